The first-order valence-electron chi connectivity index (χ1n) is 9.17. The predicted octanol–water partition coefficient (Wildman–Crippen LogP) is 3.85. The van der Waals surface area contributed by atoms with Crippen LogP contribution in [0.1, 0.15) is 26.3 Å². The zero-order chi connectivity index (χ0) is 23.1. The molecule has 2 aromatic heterocycles. The summed E-state index contributed by atoms with van der Waals surface area (Å²) in [6, 6.07) is 3.45. The highest BCUT2D eigenvalue weighted by atomic mass is 19.1. The molecule has 3 rings (SSSR count). The minimum absolute atomic E-state index is 0.0756. The largest absolute Gasteiger partial charge is 0.463 e. The number of carboxylic acid groups (broad SMARTS) is 1. The Morgan fingerprint density at radius 2 is 1.84 bits per heavy atom. The first-order chi connectivity index (χ1) is 14.4. The first kappa shape index (κ1) is 21.9. The molecular formula is C20H21F2N5O4. The van der Waals surface area contributed by atoms with E-state index in [1.165, 1.54) is 18.0 Å². The van der Waals surface area contributed by atoms with Crippen molar-refractivity contribution in [2.75, 3.05) is 12.8 Å². The van der Waals surface area contributed by atoms with E-state index in [0.717, 1.165) is 18.3 Å². The van der Waals surface area contributed by atoms with Crippen LogP contribution in [0.5, 0.6) is 0 Å². The van der Waals surface area contributed by atoms with E-state index in [4.69, 9.17) is 15.6 Å². The van der Waals surface area contributed by atoms with Crippen LogP contribution in [-0.4, -0.2) is 49.6 Å². The number of amides is 1. The van der Waals surface area contributed by atoms with Crippen LogP contribution in [0.3, 0.4) is 0 Å². The number of fused-ring (bicyclic) bond motifs is 1. The molecule has 31 heavy (non-hydrogen) atoms. The molecule has 1 aromatic carbocycles. The standard InChI is InChI=1S/C20H21F2N5O4/c1-20(2,3)31-19(30)26(4)9-10-5-12(21)16(13(22)6-10)14-7-11-15(8-24-14)27(18(28)29)25-17(11)23/h5-8H,9H2,1-4H3,(H2,23,25)(H,28,29). The van der Waals surface area contributed by atoms with Crippen molar-refractivity contribution in [1.82, 2.24) is 19.7 Å². The molecular weight excluding hydrogens is 412 g/mol. The third kappa shape index (κ3) is 4.55. The fourth-order valence-corrected chi connectivity index (χ4v) is 2.96. The smallest absolute Gasteiger partial charge is 0.432 e. The summed E-state index contributed by atoms with van der Waals surface area (Å²) < 4.78 is 35.4. The SMILES string of the molecule is CN(Cc1cc(F)c(-c2cc3c(N)nn(C(=O)O)c3cn2)c(F)c1)C(=O)OC(C)(C)C. The van der Waals surface area contributed by atoms with Crippen LogP contribution < -0.4 is 5.73 Å². The van der Waals surface area contributed by atoms with Gasteiger partial charge in [-0.15, -0.1) is 5.10 Å². The molecule has 0 radical (unpaired) electrons. The Labute approximate surface area is 176 Å². The number of rotatable bonds is 3. The maximum Gasteiger partial charge on any atom is 0.432 e. The Morgan fingerprint density at radius 1 is 1.23 bits per heavy atom. The van der Waals surface area contributed by atoms with Crippen LogP contribution in [-0.2, 0) is 11.3 Å². The molecule has 0 unspecified atom stereocenters. The van der Waals surface area contributed by atoms with Gasteiger partial charge in [-0.1, -0.05) is 0 Å². The monoisotopic (exact) mass is 433 g/mol. The number of hydrogen-bond donors (Lipinski definition) is 2. The molecule has 0 saturated heterocycles. The average molecular weight is 433 g/mol. The van der Waals surface area contributed by atoms with Gasteiger partial charge in [0.15, 0.2) is 5.82 Å². The van der Waals surface area contributed by atoms with Gasteiger partial charge in [0, 0.05) is 19.0 Å². The molecule has 2 heterocycles. The van der Waals surface area contributed by atoms with Gasteiger partial charge in [-0.2, -0.15) is 4.68 Å². The quantitative estimate of drug-likeness (QED) is 0.643. The van der Waals surface area contributed by atoms with Crippen molar-refractivity contribution >= 4 is 28.9 Å². The fourth-order valence-electron chi connectivity index (χ4n) is 2.96. The van der Waals surface area contributed by atoms with Crippen molar-refractivity contribution < 1.29 is 28.2 Å². The first-order valence-corrected chi connectivity index (χ1v) is 9.17. The van der Waals surface area contributed by atoms with Gasteiger partial charge in [0.05, 0.1) is 17.5 Å². The second kappa shape index (κ2) is 7.82. The fraction of sp³-hybridized carbons (Fsp3) is 0.300. The topological polar surface area (TPSA) is 124 Å². The number of anilines is 1. The molecule has 0 spiro atoms. The number of nitrogens with zero attached hydrogens (tertiary/aromatic N) is 4. The second-order valence-electron chi connectivity index (χ2n) is 7.94. The Hall–Kier alpha value is -3.76. The van der Waals surface area contributed by atoms with Crippen LogP contribution in [0.25, 0.3) is 22.2 Å². The third-order valence-corrected chi connectivity index (χ3v) is 4.26. The van der Waals surface area contributed by atoms with E-state index in [0.29, 0.717) is 4.68 Å². The van der Waals surface area contributed by atoms with E-state index in [2.05, 4.69) is 10.1 Å². The lowest BCUT2D eigenvalue weighted by atomic mass is 10.1. The van der Waals surface area contributed by atoms with Gasteiger partial charge in [-0.05, 0) is 44.5 Å². The van der Waals surface area contributed by atoms with Gasteiger partial charge >= 0.3 is 12.2 Å². The second-order valence-corrected chi connectivity index (χ2v) is 7.94. The van der Waals surface area contributed by atoms with Crippen molar-refractivity contribution in [2.24, 2.45) is 0 Å². The number of benzene rings is 1. The van der Waals surface area contributed by atoms with E-state index in [1.807, 2.05) is 0 Å². The highest BCUT2D eigenvalue weighted by Gasteiger charge is 2.22. The molecule has 0 aliphatic rings. The molecule has 0 aliphatic carbocycles. The van der Waals surface area contributed by atoms with E-state index >= 15 is 0 Å². The molecule has 164 valence electrons. The van der Waals surface area contributed by atoms with Crippen molar-refractivity contribution in [3.05, 3.63) is 41.6 Å². The highest BCUT2D eigenvalue weighted by Crippen LogP contribution is 2.30. The van der Waals surface area contributed by atoms with Gasteiger partial charge < -0.3 is 20.5 Å². The molecule has 0 bridgehead atoms. The highest BCUT2D eigenvalue weighted by molar-refractivity contribution is 5.95. The lowest BCUT2D eigenvalue weighted by molar-refractivity contribution is 0.0284. The van der Waals surface area contributed by atoms with Crippen LogP contribution in [0.4, 0.5) is 24.2 Å². The molecule has 11 heteroatoms. The van der Waals surface area contributed by atoms with Gasteiger partial charge in [0.1, 0.15) is 22.8 Å². The number of ether oxygens (including phenoxy) is 1. The number of pyridine rings is 1. The normalized spacial score (nSPS) is 11.5. The summed E-state index contributed by atoms with van der Waals surface area (Å²) in [4.78, 5) is 28.4. The number of carbonyl (C=O) groups is 2. The number of halogens is 2. The summed E-state index contributed by atoms with van der Waals surface area (Å²) in [5, 5.41) is 13.0. The third-order valence-electron chi connectivity index (χ3n) is 4.26. The number of aromatic nitrogens is 3. The molecule has 0 aliphatic heterocycles. The average Bonchev–Trinajstić information content (AvgIpc) is 2.96. The minimum atomic E-state index is -1.37. The van der Waals surface area contributed by atoms with E-state index in [9.17, 15) is 18.4 Å². The lowest BCUT2D eigenvalue weighted by Crippen LogP contribution is -2.33. The maximum atomic E-state index is 14.8. The lowest BCUT2D eigenvalue weighted by Gasteiger charge is -2.24. The summed E-state index contributed by atoms with van der Waals surface area (Å²) in [5.74, 6) is -1.91. The number of carbonyl (C=O) groups excluding carboxylic acids is 1. The molecule has 0 fully saturated rings. The summed E-state index contributed by atoms with van der Waals surface area (Å²) in [5.41, 5.74) is 4.84. The Kier molecular flexibility index (Phi) is 5.53. The molecule has 0 saturated carbocycles. The molecule has 0 atom stereocenters. The number of nitrogens with two attached hydrogens (primary N) is 1. The van der Waals surface area contributed by atoms with Crippen molar-refractivity contribution in [3.63, 3.8) is 0 Å². The van der Waals surface area contributed by atoms with Gasteiger partial charge in [0.25, 0.3) is 0 Å². The zero-order valence-corrected chi connectivity index (χ0v) is 17.3. The van der Waals surface area contributed by atoms with Crippen molar-refractivity contribution in [1.29, 1.82) is 0 Å². The van der Waals surface area contributed by atoms with Crippen LogP contribution in [0.2, 0.25) is 0 Å². The summed E-state index contributed by atoms with van der Waals surface area (Å²) in [6.07, 6.45) is -0.868. The van der Waals surface area contributed by atoms with Gasteiger partial charge in [0.2, 0.25) is 0 Å². The van der Waals surface area contributed by atoms with Crippen LogP contribution in [0, 0.1) is 11.6 Å². The van der Waals surface area contributed by atoms with Crippen LogP contribution in [0.15, 0.2) is 24.4 Å². The molecule has 9 nitrogen and oxygen atoms in total. The van der Waals surface area contributed by atoms with Crippen LogP contribution >= 0.6 is 0 Å². The summed E-state index contributed by atoms with van der Waals surface area (Å²) >= 11 is 0. The van der Waals surface area contributed by atoms with Crippen molar-refractivity contribution in [3.8, 4) is 11.3 Å². The van der Waals surface area contributed by atoms with E-state index < -0.39 is 35.0 Å². The van der Waals surface area contributed by atoms with E-state index in [-0.39, 0.29) is 34.5 Å². The molecule has 1 amide bonds. The van der Waals surface area contributed by atoms with Gasteiger partial charge in [-0.3, -0.25) is 4.98 Å². The van der Waals surface area contributed by atoms with E-state index in [1.54, 1.807) is 20.8 Å². The molecule has 3 aromatic rings. The number of nitrogen functional groups attached to an aromatic ring is 1. The maximum absolute atomic E-state index is 14.8. The van der Waals surface area contributed by atoms with Gasteiger partial charge in [-0.25, -0.2) is 18.4 Å². The predicted molar refractivity (Wildman–Crippen MR) is 108 cm³/mol. The molecule has 3 N–H and O–H groups in total. The minimum Gasteiger partial charge on any atom is -0.463 e. The van der Waals surface area contributed by atoms with Crippen molar-refractivity contribution in [2.45, 2.75) is 32.9 Å². The Morgan fingerprint density at radius 3 is 2.39 bits per heavy atom. The Balaban J connectivity index is 1.93. The summed E-state index contributed by atoms with van der Waals surface area (Å²) in [7, 11) is 1.45. The number of hydrogen-bond acceptors (Lipinski definition) is 6. The zero-order valence-electron chi connectivity index (χ0n) is 17.3. The Bertz CT molecular complexity index is 1160. The summed E-state index contributed by atoms with van der Waals surface area (Å²) in [6.45, 7) is 5.06.